The molecule has 90 valence electrons. The molecule has 0 radical (unpaired) electrons. The van der Waals surface area contributed by atoms with Crippen LogP contribution in [0.25, 0.3) is 0 Å². The Morgan fingerprint density at radius 3 is 2.69 bits per heavy atom. The van der Waals surface area contributed by atoms with Crippen molar-refractivity contribution in [1.82, 2.24) is 14.8 Å². The van der Waals surface area contributed by atoms with Gasteiger partial charge in [0.1, 0.15) is 12.2 Å². The molecule has 2 rings (SSSR count). The second kappa shape index (κ2) is 4.53. The maximum Gasteiger partial charge on any atom is 0.138 e. The quantitative estimate of drug-likeness (QED) is 0.846. The average Bonchev–Trinajstić information content (AvgIpc) is 2.65. The Balaban J connectivity index is 2.01. The molecular formula is C12H22N4. The van der Waals surface area contributed by atoms with Gasteiger partial charge in [0.15, 0.2) is 0 Å². The monoisotopic (exact) mass is 222 g/mol. The summed E-state index contributed by atoms with van der Waals surface area (Å²) in [6.45, 7) is 2.33. The SMILES string of the molecule is Cn1ncnc1CC(N)C1(C)CCCCC1. The van der Waals surface area contributed by atoms with E-state index in [0.717, 1.165) is 12.2 Å². The molecule has 1 unspecified atom stereocenters. The molecule has 1 aliphatic carbocycles. The number of aromatic nitrogens is 3. The van der Waals surface area contributed by atoms with E-state index in [4.69, 9.17) is 5.73 Å². The maximum absolute atomic E-state index is 6.36. The van der Waals surface area contributed by atoms with Crippen LogP contribution < -0.4 is 5.73 Å². The van der Waals surface area contributed by atoms with E-state index in [-0.39, 0.29) is 6.04 Å². The Hall–Kier alpha value is -0.900. The van der Waals surface area contributed by atoms with Crippen molar-refractivity contribution in [1.29, 1.82) is 0 Å². The van der Waals surface area contributed by atoms with Gasteiger partial charge in [-0.05, 0) is 18.3 Å². The van der Waals surface area contributed by atoms with E-state index in [1.807, 2.05) is 11.7 Å². The number of nitrogens with two attached hydrogens (primary N) is 1. The van der Waals surface area contributed by atoms with Crippen molar-refractivity contribution < 1.29 is 0 Å². The van der Waals surface area contributed by atoms with Crippen molar-refractivity contribution in [3.63, 3.8) is 0 Å². The lowest BCUT2D eigenvalue weighted by Crippen LogP contribution is -2.43. The van der Waals surface area contributed by atoms with Gasteiger partial charge in [-0.2, -0.15) is 5.10 Å². The summed E-state index contributed by atoms with van der Waals surface area (Å²) < 4.78 is 1.83. The van der Waals surface area contributed by atoms with Gasteiger partial charge in [-0.25, -0.2) is 4.98 Å². The zero-order valence-corrected chi connectivity index (χ0v) is 10.3. The number of hydrogen-bond acceptors (Lipinski definition) is 3. The molecule has 2 N–H and O–H groups in total. The van der Waals surface area contributed by atoms with E-state index in [2.05, 4.69) is 17.0 Å². The highest BCUT2D eigenvalue weighted by atomic mass is 15.3. The van der Waals surface area contributed by atoms with Gasteiger partial charge in [-0.1, -0.05) is 26.2 Å². The predicted octanol–water partition coefficient (Wildman–Crippen LogP) is 1.66. The predicted molar refractivity (Wildman–Crippen MR) is 63.9 cm³/mol. The summed E-state index contributed by atoms with van der Waals surface area (Å²) in [4.78, 5) is 4.25. The molecule has 1 atom stereocenters. The summed E-state index contributed by atoms with van der Waals surface area (Å²) in [6.07, 6.45) is 8.97. The van der Waals surface area contributed by atoms with Gasteiger partial charge in [0, 0.05) is 19.5 Å². The van der Waals surface area contributed by atoms with Crippen LogP contribution in [0.1, 0.15) is 44.9 Å². The summed E-state index contributed by atoms with van der Waals surface area (Å²) in [7, 11) is 1.93. The Bertz CT molecular complexity index is 339. The van der Waals surface area contributed by atoms with Crippen LogP contribution in [0, 0.1) is 5.41 Å². The van der Waals surface area contributed by atoms with E-state index >= 15 is 0 Å². The summed E-state index contributed by atoms with van der Waals surface area (Å²) in [5.41, 5.74) is 6.66. The van der Waals surface area contributed by atoms with Crippen LogP contribution in [0.5, 0.6) is 0 Å². The fourth-order valence-corrected chi connectivity index (χ4v) is 2.68. The summed E-state index contributed by atoms with van der Waals surface area (Å²) in [5, 5.41) is 4.09. The first kappa shape index (κ1) is 11.6. The van der Waals surface area contributed by atoms with Crippen LogP contribution in [0.15, 0.2) is 6.33 Å². The molecule has 4 nitrogen and oxygen atoms in total. The highest BCUT2D eigenvalue weighted by Crippen LogP contribution is 2.38. The van der Waals surface area contributed by atoms with Crippen molar-refractivity contribution >= 4 is 0 Å². The lowest BCUT2D eigenvalue weighted by atomic mass is 9.70. The molecule has 16 heavy (non-hydrogen) atoms. The normalized spacial score (nSPS) is 21.9. The Morgan fingerprint density at radius 1 is 1.44 bits per heavy atom. The zero-order chi connectivity index (χ0) is 11.6. The molecule has 1 fully saturated rings. The Morgan fingerprint density at radius 2 is 2.12 bits per heavy atom. The topological polar surface area (TPSA) is 56.7 Å². The minimum absolute atomic E-state index is 0.204. The average molecular weight is 222 g/mol. The van der Waals surface area contributed by atoms with Gasteiger partial charge in [0.25, 0.3) is 0 Å². The molecule has 0 bridgehead atoms. The van der Waals surface area contributed by atoms with Gasteiger partial charge >= 0.3 is 0 Å². The van der Waals surface area contributed by atoms with Gasteiger partial charge < -0.3 is 5.73 Å². The number of hydrogen-bond donors (Lipinski definition) is 1. The molecule has 0 saturated heterocycles. The third kappa shape index (κ3) is 2.26. The van der Waals surface area contributed by atoms with Crippen LogP contribution in [0.4, 0.5) is 0 Å². The molecule has 0 aliphatic heterocycles. The van der Waals surface area contributed by atoms with Crippen molar-refractivity contribution in [3.8, 4) is 0 Å². The lowest BCUT2D eigenvalue weighted by molar-refractivity contribution is 0.166. The van der Waals surface area contributed by atoms with Crippen LogP contribution in [-0.2, 0) is 13.5 Å². The second-order valence-electron chi connectivity index (χ2n) is 5.33. The van der Waals surface area contributed by atoms with Gasteiger partial charge in [-0.3, -0.25) is 4.68 Å². The fourth-order valence-electron chi connectivity index (χ4n) is 2.68. The molecule has 1 aromatic heterocycles. The Kier molecular flexibility index (Phi) is 3.28. The number of rotatable bonds is 3. The highest BCUT2D eigenvalue weighted by Gasteiger charge is 2.33. The van der Waals surface area contributed by atoms with Crippen molar-refractivity contribution in [3.05, 3.63) is 12.2 Å². The highest BCUT2D eigenvalue weighted by molar-refractivity contribution is 4.96. The molecule has 1 aliphatic rings. The number of nitrogens with zero attached hydrogens (tertiary/aromatic N) is 3. The van der Waals surface area contributed by atoms with E-state index in [1.165, 1.54) is 32.1 Å². The van der Waals surface area contributed by atoms with Gasteiger partial charge in [0.05, 0.1) is 0 Å². The first-order chi connectivity index (χ1) is 7.62. The largest absolute Gasteiger partial charge is 0.327 e. The van der Waals surface area contributed by atoms with Gasteiger partial charge in [-0.15, -0.1) is 0 Å². The molecule has 0 amide bonds. The smallest absolute Gasteiger partial charge is 0.138 e. The van der Waals surface area contributed by atoms with E-state index in [1.54, 1.807) is 6.33 Å². The van der Waals surface area contributed by atoms with Crippen LogP contribution in [0.2, 0.25) is 0 Å². The van der Waals surface area contributed by atoms with Gasteiger partial charge in [0.2, 0.25) is 0 Å². The summed E-state index contributed by atoms with van der Waals surface area (Å²) in [6, 6.07) is 0.204. The zero-order valence-electron chi connectivity index (χ0n) is 10.3. The van der Waals surface area contributed by atoms with Crippen LogP contribution in [0.3, 0.4) is 0 Å². The van der Waals surface area contributed by atoms with E-state index in [9.17, 15) is 0 Å². The van der Waals surface area contributed by atoms with Crippen molar-refractivity contribution in [2.45, 2.75) is 51.5 Å². The van der Waals surface area contributed by atoms with E-state index < -0.39 is 0 Å². The standard InChI is InChI=1S/C12H22N4/c1-12(6-4-3-5-7-12)10(13)8-11-14-9-15-16(11)2/h9-10H,3-8,13H2,1-2H3. The van der Waals surface area contributed by atoms with Crippen molar-refractivity contribution in [2.24, 2.45) is 18.2 Å². The third-order valence-corrected chi connectivity index (χ3v) is 4.10. The first-order valence-electron chi connectivity index (χ1n) is 6.20. The molecule has 1 aromatic rings. The number of aryl methyl sites for hydroxylation is 1. The van der Waals surface area contributed by atoms with Crippen LogP contribution >= 0.6 is 0 Å². The maximum atomic E-state index is 6.36. The summed E-state index contributed by atoms with van der Waals surface area (Å²) in [5.74, 6) is 0.999. The first-order valence-corrected chi connectivity index (χ1v) is 6.20. The fraction of sp³-hybridized carbons (Fsp3) is 0.833. The third-order valence-electron chi connectivity index (χ3n) is 4.10. The summed E-state index contributed by atoms with van der Waals surface area (Å²) >= 11 is 0. The Labute approximate surface area is 97.2 Å². The molecule has 4 heteroatoms. The van der Waals surface area contributed by atoms with E-state index in [0.29, 0.717) is 5.41 Å². The van der Waals surface area contributed by atoms with Crippen molar-refractivity contribution in [2.75, 3.05) is 0 Å². The molecule has 1 heterocycles. The molecule has 1 saturated carbocycles. The molecule has 0 aromatic carbocycles. The minimum atomic E-state index is 0.204. The minimum Gasteiger partial charge on any atom is -0.327 e. The van der Waals surface area contributed by atoms with Crippen LogP contribution in [-0.4, -0.2) is 20.8 Å². The lowest BCUT2D eigenvalue weighted by Gasteiger charge is -2.38. The molecule has 0 spiro atoms. The molecular weight excluding hydrogens is 200 g/mol. The second-order valence-corrected chi connectivity index (χ2v) is 5.33.